The molecule has 2 unspecified atom stereocenters. The Bertz CT molecular complexity index is 711. The lowest BCUT2D eigenvalue weighted by atomic mass is 10.0. The summed E-state index contributed by atoms with van der Waals surface area (Å²) < 4.78 is 0. The normalized spacial score (nSPS) is 20.5. The zero-order valence-electron chi connectivity index (χ0n) is 16.3. The second-order valence-corrected chi connectivity index (χ2v) is 6.59. The summed E-state index contributed by atoms with van der Waals surface area (Å²) in [4.78, 5) is 25.6. The van der Waals surface area contributed by atoms with Crippen LogP contribution in [0.15, 0.2) is 52.0 Å². The van der Waals surface area contributed by atoms with Crippen molar-refractivity contribution in [3.8, 4) is 0 Å². The predicted octanol–water partition coefficient (Wildman–Crippen LogP) is 3.49. The Morgan fingerprint density at radius 2 is 2.07 bits per heavy atom. The molecule has 0 amide bonds. The third-order valence-corrected chi connectivity index (χ3v) is 4.59. The van der Waals surface area contributed by atoms with Crippen molar-refractivity contribution in [3.05, 3.63) is 47.5 Å². The highest BCUT2D eigenvalue weighted by atomic mass is 16.6. The number of benzene rings is 1. The number of amidine groups is 1. The van der Waals surface area contributed by atoms with E-state index >= 15 is 0 Å². The molecule has 6 nitrogen and oxygen atoms in total. The molecule has 1 aromatic rings. The number of rotatable bonds is 10. The van der Waals surface area contributed by atoms with Gasteiger partial charge in [-0.3, -0.25) is 14.8 Å². The molecule has 1 aliphatic rings. The SMILES string of the molecule is C/C=C(\C(=O)O)C(=NCC1CC1C(=NCCCC)c1ccccc1)NOC. The average Bonchev–Trinajstić information content (AvgIpc) is 3.43. The summed E-state index contributed by atoms with van der Waals surface area (Å²) in [5.74, 6) is -0.0385. The van der Waals surface area contributed by atoms with Gasteiger partial charge in [-0.15, -0.1) is 0 Å². The van der Waals surface area contributed by atoms with Crippen molar-refractivity contribution in [3.63, 3.8) is 0 Å². The van der Waals surface area contributed by atoms with Gasteiger partial charge in [0.15, 0.2) is 5.84 Å². The Labute approximate surface area is 161 Å². The summed E-state index contributed by atoms with van der Waals surface area (Å²) in [5.41, 5.74) is 5.01. The van der Waals surface area contributed by atoms with Gasteiger partial charge < -0.3 is 5.11 Å². The van der Waals surface area contributed by atoms with Crippen molar-refractivity contribution >= 4 is 17.5 Å². The van der Waals surface area contributed by atoms with E-state index in [0.717, 1.165) is 31.5 Å². The number of carboxylic acid groups (broad SMARTS) is 1. The molecule has 2 atom stereocenters. The first-order valence-electron chi connectivity index (χ1n) is 9.45. The Morgan fingerprint density at radius 3 is 2.67 bits per heavy atom. The van der Waals surface area contributed by atoms with Gasteiger partial charge in [-0.25, -0.2) is 10.3 Å². The number of unbranched alkanes of at least 4 members (excludes halogenated alkanes) is 1. The highest BCUT2D eigenvalue weighted by Crippen LogP contribution is 2.41. The van der Waals surface area contributed by atoms with E-state index in [1.165, 1.54) is 18.7 Å². The highest BCUT2D eigenvalue weighted by molar-refractivity contribution is 6.17. The largest absolute Gasteiger partial charge is 0.478 e. The maximum Gasteiger partial charge on any atom is 0.339 e. The van der Waals surface area contributed by atoms with Gasteiger partial charge >= 0.3 is 5.97 Å². The molecule has 1 saturated carbocycles. The standard InChI is InChI=1S/C21H29N3O3/c1-4-6-12-22-19(15-10-8-7-9-11-15)18-13-16(18)14-23-20(24-27-3)17(5-2)21(25)26/h5,7-11,16,18H,4,6,12-14H2,1-3H3,(H,23,24)(H,25,26)/b17-5-,22-19?. The molecule has 0 spiro atoms. The molecular formula is C21H29N3O3. The number of nitrogens with one attached hydrogen (secondary N) is 1. The number of carboxylic acids is 1. The second kappa shape index (κ2) is 10.6. The Morgan fingerprint density at radius 1 is 1.33 bits per heavy atom. The summed E-state index contributed by atoms with van der Waals surface area (Å²) in [7, 11) is 1.44. The maximum atomic E-state index is 11.3. The quantitative estimate of drug-likeness (QED) is 0.217. The van der Waals surface area contributed by atoms with Crippen LogP contribution in [0, 0.1) is 11.8 Å². The molecule has 27 heavy (non-hydrogen) atoms. The fourth-order valence-electron chi connectivity index (χ4n) is 3.01. The molecule has 0 saturated heterocycles. The zero-order valence-corrected chi connectivity index (χ0v) is 16.3. The molecule has 0 heterocycles. The van der Waals surface area contributed by atoms with Crippen molar-refractivity contribution < 1.29 is 14.7 Å². The van der Waals surface area contributed by atoms with Crippen LogP contribution in [0.1, 0.15) is 38.7 Å². The van der Waals surface area contributed by atoms with E-state index in [1.54, 1.807) is 6.92 Å². The molecule has 1 aromatic carbocycles. The van der Waals surface area contributed by atoms with Crippen molar-refractivity contribution in [2.45, 2.75) is 33.1 Å². The summed E-state index contributed by atoms with van der Waals surface area (Å²) in [6, 6.07) is 10.3. The third kappa shape index (κ3) is 6.03. The Kier molecular flexibility index (Phi) is 8.20. The van der Waals surface area contributed by atoms with Gasteiger partial charge in [0.25, 0.3) is 0 Å². The third-order valence-electron chi connectivity index (χ3n) is 4.59. The first-order valence-corrected chi connectivity index (χ1v) is 9.45. The minimum absolute atomic E-state index is 0.106. The van der Waals surface area contributed by atoms with Crippen LogP contribution in [-0.2, 0) is 9.63 Å². The molecule has 0 aliphatic heterocycles. The first kappa shape index (κ1) is 20.8. The monoisotopic (exact) mass is 371 g/mol. The van der Waals surface area contributed by atoms with Crippen LogP contribution >= 0.6 is 0 Å². The van der Waals surface area contributed by atoms with Crippen LogP contribution < -0.4 is 5.48 Å². The average molecular weight is 371 g/mol. The fourth-order valence-corrected chi connectivity index (χ4v) is 3.01. The van der Waals surface area contributed by atoms with E-state index in [1.807, 2.05) is 18.2 Å². The van der Waals surface area contributed by atoms with Crippen molar-refractivity contribution in [1.82, 2.24) is 5.48 Å². The minimum Gasteiger partial charge on any atom is -0.478 e. The van der Waals surface area contributed by atoms with Crippen LogP contribution in [0.4, 0.5) is 0 Å². The van der Waals surface area contributed by atoms with Gasteiger partial charge in [-0.05, 0) is 31.2 Å². The number of nitrogens with zero attached hydrogens (tertiary/aromatic N) is 2. The number of carbonyl (C=O) groups is 1. The van der Waals surface area contributed by atoms with E-state index in [0.29, 0.717) is 18.4 Å². The molecule has 1 aliphatic carbocycles. The van der Waals surface area contributed by atoms with E-state index in [9.17, 15) is 9.90 Å². The number of hydroxylamine groups is 1. The van der Waals surface area contributed by atoms with E-state index in [2.05, 4.69) is 29.5 Å². The summed E-state index contributed by atoms with van der Waals surface area (Å²) in [5, 5.41) is 9.30. The van der Waals surface area contributed by atoms with E-state index in [4.69, 9.17) is 9.83 Å². The van der Waals surface area contributed by atoms with Crippen molar-refractivity contribution in [1.29, 1.82) is 0 Å². The molecule has 6 heteroatoms. The lowest BCUT2D eigenvalue weighted by Gasteiger charge is -2.09. The lowest BCUT2D eigenvalue weighted by molar-refractivity contribution is -0.132. The molecule has 2 rings (SSSR count). The van der Waals surface area contributed by atoms with Gasteiger partial charge in [0.1, 0.15) is 0 Å². The lowest BCUT2D eigenvalue weighted by Crippen LogP contribution is -2.28. The molecule has 0 aromatic heterocycles. The Balaban J connectivity index is 2.10. The number of hydrogen-bond donors (Lipinski definition) is 2. The van der Waals surface area contributed by atoms with E-state index in [-0.39, 0.29) is 11.4 Å². The maximum absolute atomic E-state index is 11.3. The summed E-state index contributed by atoms with van der Waals surface area (Å²) in [6.45, 7) is 5.22. The number of hydrogen-bond acceptors (Lipinski definition) is 4. The highest BCUT2D eigenvalue weighted by Gasteiger charge is 2.41. The molecule has 0 bridgehead atoms. The van der Waals surface area contributed by atoms with Crippen LogP contribution in [0.2, 0.25) is 0 Å². The zero-order chi connectivity index (χ0) is 19.6. The molecular weight excluding hydrogens is 342 g/mol. The second-order valence-electron chi connectivity index (χ2n) is 6.59. The van der Waals surface area contributed by atoms with Gasteiger partial charge in [-0.1, -0.05) is 49.8 Å². The number of allylic oxidation sites excluding steroid dienone is 1. The minimum atomic E-state index is -1.03. The smallest absolute Gasteiger partial charge is 0.339 e. The van der Waals surface area contributed by atoms with Crippen molar-refractivity contribution in [2.24, 2.45) is 21.8 Å². The summed E-state index contributed by atoms with van der Waals surface area (Å²) >= 11 is 0. The van der Waals surface area contributed by atoms with Crippen LogP contribution in [0.5, 0.6) is 0 Å². The Hall–Kier alpha value is -2.47. The van der Waals surface area contributed by atoms with Crippen LogP contribution in [-0.4, -0.2) is 42.8 Å². The van der Waals surface area contributed by atoms with Gasteiger partial charge in [0, 0.05) is 24.7 Å². The summed E-state index contributed by atoms with van der Waals surface area (Å²) in [6.07, 6.45) is 4.73. The van der Waals surface area contributed by atoms with E-state index < -0.39 is 5.97 Å². The fraction of sp³-hybridized carbons (Fsp3) is 0.476. The number of aliphatic imine (C=N–C) groups is 2. The molecule has 1 fully saturated rings. The predicted molar refractivity (Wildman–Crippen MR) is 108 cm³/mol. The molecule has 0 radical (unpaired) electrons. The molecule has 146 valence electrons. The first-order chi connectivity index (χ1) is 13.1. The number of aliphatic carboxylic acids is 1. The molecule has 2 N–H and O–H groups in total. The van der Waals surface area contributed by atoms with Crippen molar-refractivity contribution in [2.75, 3.05) is 20.2 Å². The van der Waals surface area contributed by atoms with Crippen LogP contribution in [0.3, 0.4) is 0 Å². The van der Waals surface area contributed by atoms with Gasteiger partial charge in [-0.2, -0.15) is 0 Å². The van der Waals surface area contributed by atoms with Gasteiger partial charge in [0.2, 0.25) is 0 Å². The topological polar surface area (TPSA) is 83.3 Å². The van der Waals surface area contributed by atoms with Crippen LogP contribution in [0.25, 0.3) is 0 Å². The van der Waals surface area contributed by atoms with Gasteiger partial charge in [0.05, 0.1) is 12.7 Å².